The smallest absolute Gasteiger partial charge is 0.108 e. The van der Waals surface area contributed by atoms with Gasteiger partial charge in [0.15, 0.2) is 0 Å². The fraction of sp³-hybridized carbons (Fsp3) is 0.824. The number of hydrogen-bond acceptors (Lipinski definition) is 2. The van der Waals surface area contributed by atoms with E-state index in [9.17, 15) is 0 Å². The van der Waals surface area contributed by atoms with Crippen molar-refractivity contribution in [1.29, 1.82) is 0 Å². The molecule has 4 bridgehead atoms. The molecule has 0 spiro atoms. The van der Waals surface area contributed by atoms with Gasteiger partial charge in [-0.1, -0.05) is 0 Å². The summed E-state index contributed by atoms with van der Waals surface area (Å²) in [7, 11) is 0. The zero-order chi connectivity index (χ0) is 13.9. The van der Waals surface area contributed by atoms with Crippen LogP contribution in [0.2, 0.25) is 0 Å². The average Bonchev–Trinajstić information content (AvgIpc) is 2.68. The Labute approximate surface area is 121 Å². The predicted molar refractivity (Wildman–Crippen MR) is 80.5 cm³/mol. The van der Waals surface area contributed by atoms with Crippen LogP contribution in [-0.2, 0) is 6.42 Å². The lowest BCUT2D eigenvalue weighted by molar-refractivity contribution is -0.00426. The lowest BCUT2D eigenvalue weighted by Crippen LogP contribution is -2.44. The average molecular weight is 273 g/mol. The van der Waals surface area contributed by atoms with Crippen LogP contribution >= 0.6 is 0 Å². The van der Waals surface area contributed by atoms with Crippen LogP contribution < -0.4 is 5.73 Å². The summed E-state index contributed by atoms with van der Waals surface area (Å²) in [5.41, 5.74) is 8.61. The number of nitrogens with two attached hydrogens (primary N) is 1. The molecule has 1 atom stereocenters. The first kappa shape index (κ1) is 12.9. The Hall–Kier alpha value is -0.830. The van der Waals surface area contributed by atoms with Crippen LogP contribution in [0.3, 0.4) is 0 Å². The standard InChI is InChI=1S/C17H27N3/c1-9(18)3-15-19-10(2)17(20-15)16-13-5-11-4-12(7-13)8-14(16)6-11/h9,11-14,16H,3-8,18H2,1-2H3,(H,19,20). The van der Waals surface area contributed by atoms with E-state index in [1.165, 1.54) is 43.5 Å². The Morgan fingerprint density at radius 3 is 2.30 bits per heavy atom. The van der Waals surface area contributed by atoms with E-state index in [-0.39, 0.29) is 6.04 Å². The number of hydrogen-bond donors (Lipinski definition) is 2. The van der Waals surface area contributed by atoms with Gasteiger partial charge in [0.05, 0.1) is 5.69 Å². The van der Waals surface area contributed by atoms with Crippen LogP contribution in [0.1, 0.15) is 62.2 Å². The van der Waals surface area contributed by atoms with Crippen LogP contribution in [0.15, 0.2) is 0 Å². The summed E-state index contributed by atoms with van der Waals surface area (Å²) in [5, 5.41) is 0. The zero-order valence-corrected chi connectivity index (χ0v) is 12.7. The second-order valence-corrected chi connectivity index (χ2v) is 7.83. The van der Waals surface area contributed by atoms with E-state index in [1.54, 1.807) is 0 Å². The number of aryl methyl sites for hydroxylation is 1. The Kier molecular flexibility index (Phi) is 2.95. The first-order chi connectivity index (χ1) is 9.60. The first-order valence-electron chi connectivity index (χ1n) is 8.41. The largest absolute Gasteiger partial charge is 0.346 e. The molecule has 3 heteroatoms. The highest BCUT2D eigenvalue weighted by Crippen LogP contribution is 2.59. The molecule has 1 aromatic heterocycles. The second-order valence-electron chi connectivity index (χ2n) is 7.83. The van der Waals surface area contributed by atoms with E-state index >= 15 is 0 Å². The van der Waals surface area contributed by atoms with Gasteiger partial charge in [-0.3, -0.25) is 0 Å². The van der Waals surface area contributed by atoms with E-state index in [0.717, 1.165) is 41.8 Å². The number of nitrogens with zero attached hydrogens (tertiary/aromatic N) is 1. The van der Waals surface area contributed by atoms with Crippen molar-refractivity contribution >= 4 is 0 Å². The SMILES string of the molecule is Cc1[nH]c(CC(C)N)nc1C1C2CC3CC(C2)CC1C3. The number of rotatable bonds is 3. The fourth-order valence-corrected chi connectivity index (χ4v) is 5.64. The summed E-state index contributed by atoms with van der Waals surface area (Å²) in [6.07, 6.45) is 8.25. The van der Waals surface area contributed by atoms with Crippen molar-refractivity contribution in [2.75, 3.05) is 0 Å². The van der Waals surface area contributed by atoms with Crippen molar-refractivity contribution in [3.8, 4) is 0 Å². The van der Waals surface area contributed by atoms with E-state index in [2.05, 4.69) is 18.8 Å². The lowest BCUT2D eigenvalue weighted by Gasteiger charge is -2.54. The summed E-state index contributed by atoms with van der Waals surface area (Å²) >= 11 is 0. The van der Waals surface area contributed by atoms with Gasteiger partial charge in [0.2, 0.25) is 0 Å². The van der Waals surface area contributed by atoms with E-state index in [0.29, 0.717) is 0 Å². The molecule has 0 amide bonds. The van der Waals surface area contributed by atoms with Gasteiger partial charge in [0.25, 0.3) is 0 Å². The maximum absolute atomic E-state index is 5.92. The number of aromatic amines is 1. The minimum absolute atomic E-state index is 0.187. The Bertz CT molecular complexity index is 474. The third kappa shape index (κ3) is 2.02. The molecule has 110 valence electrons. The third-order valence-corrected chi connectivity index (χ3v) is 6.03. The van der Waals surface area contributed by atoms with Gasteiger partial charge in [-0.25, -0.2) is 4.98 Å². The summed E-state index contributed by atoms with van der Waals surface area (Å²) < 4.78 is 0. The first-order valence-corrected chi connectivity index (χ1v) is 8.41. The molecule has 1 unspecified atom stereocenters. The zero-order valence-electron chi connectivity index (χ0n) is 12.7. The van der Waals surface area contributed by atoms with Crippen molar-refractivity contribution in [2.24, 2.45) is 29.4 Å². The number of H-pyrrole nitrogens is 1. The molecule has 0 saturated heterocycles. The minimum Gasteiger partial charge on any atom is -0.346 e. The topological polar surface area (TPSA) is 54.7 Å². The molecule has 0 radical (unpaired) electrons. The summed E-state index contributed by atoms with van der Waals surface area (Å²) in [6.45, 7) is 4.26. The monoisotopic (exact) mass is 273 g/mol. The van der Waals surface area contributed by atoms with E-state index in [4.69, 9.17) is 10.7 Å². The Morgan fingerprint density at radius 2 is 1.75 bits per heavy atom. The minimum atomic E-state index is 0.187. The summed E-state index contributed by atoms with van der Waals surface area (Å²) in [6, 6.07) is 0.187. The Morgan fingerprint density at radius 1 is 1.15 bits per heavy atom. The van der Waals surface area contributed by atoms with Gasteiger partial charge in [0, 0.05) is 24.1 Å². The summed E-state index contributed by atoms with van der Waals surface area (Å²) in [5.74, 6) is 5.74. The van der Waals surface area contributed by atoms with Crippen molar-refractivity contribution in [1.82, 2.24) is 9.97 Å². The normalized spacial score (nSPS) is 40.2. The van der Waals surface area contributed by atoms with Crippen LogP contribution in [-0.4, -0.2) is 16.0 Å². The molecule has 20 heavy (non-hydrogen) atoms. The van der Waals surface area contributed by atoms with Crippen molar-refractivity contribution < 1.29 is 0 Å². The molecular formula is C17H27N3. The second kappa shape index (κ2) is 4.59. The fourth-order valence-electron chi connectivity index (χ4n) is 5.64. The molecule has 4 saturated carbocycles. The highest BCUT2D eigenvalue weighted by molar-refractivity contribution is 5.23. The van der Waals surface area contributed by atoms with Gasteiger partial charge < -0.3 is 10.7 Å². The van der Waals surface area contributed by atoms with Gasteiger partial charge in [-0.05, 0) is 69.6 Å². The predicted octanol–water partition coefficient (Wildman–Crippen LogP) is 3.15. The van der Waals surface area contributed by atoms with Crippen LogP contribution in [0.4, 0.5) is 0 Å². The van der Waals surface area contributed by atoms with Gasteiger partial charge in [-0.15, -0.1) is 0 Å². The van der Waals surface area contributed by atoms with Crippen LogP contribution in [0.25, 0.3) is 0 Å². The Balaban J connectivity index is 1.62. The molecule has 0 aromatic carbocycles. The van der Waals surface area contributed by atoms with Crippen molar-refractivity contribution in [3.05, 3.63) is 17.2 Å². The molecule has 5 rings (SSSR count). The van der Waals surface area contributed by atoms with Crippen molar-refractivity contribution in [2.45, 2.75) is 64.3 Å². The molecule has 4 aliphatic carbocycles. The molecule has 4 aliphatic rings. The highest BCUT2D eigenvalue weighted by atomic mass is 14.9. The highest BCUT2D eigenvalue weighted by Gasteiger charge is 2.49. The molecule has 3 N–H and O–H groups in total. The van der Waals surface area contributed by atoms with Crippen molar-refractivity contribution in [3.63, 3.8) is 0 Å². The maximum atomic E-state index is 5.92. The van der Waals surface area contributed by atoms with Crippen LogP contribution in [0, 0.1) is 30.6 Å². The van der Waals surface area contributed by atoms with Gasteiger partial charge >= 0.3 is 0 Å². The lowest BCUT2D eigenvalue weighted by atomic mass is 9.51. The molecule has 3 nitrogen and oxygen atoms in total. The number of aromatic nitrogens is 2. The molecule has 1 aromatic rings. The molecular weight excluding hydrogens is 246 g/mol. The third-order valence-electron chi connectivity index (χ3n) is 6.03. The van der Waals surface area contributed by atoms with Gasteiger partial charge in [0.1, 0.15) is 5.82 Å². The molecule has 0 aliphatic heterocycles. The quantitative estimate of drug-likeness (QED) is 0.889. The number of imidazole rings is 1. The maximum Gasteiger partial charge on any atom is 0.108 e. The van der Waals surface area contributed by atoms with Gasteiger partial charge in [-0.2, -0.15) is 0 Å². The number of nitrogens with one attached hydrogen (secondary N) is 1. The van der Waals surface area contributed by atoms with Crippen LogP contribution in [0.5, 0.6) is 0 Å². The molecule has 4 fully saturated rings. The van der Waals surface area contributed by atoms with E-state index in [1.807, 2.05) is 0 Å². The van der Waals surface area contributed by atoms with E-state index < -0.39 is 0 Å². The summed E-state index contributed by atoms with van der Waals surface area (Å²) in [4.78, 5) is 8.45. The molecule has 1 heterocycles.